The van der Waals surface area contributed by atoms with Gasteiger partial charge in [0, 0.05) is 58.4 Å². The molecule has 0 bridgehead atoms. The van der Waals surface area contributed by atoms with Gasteiger partial charge in [-0.05, 0) is 71.4 Å². The highest BCUT2D eigenvalue weighted by Gasteiger charge is 2.49. The van der Waals surface area contributed by atoms with Crippen LogP contribution >= 0.6 is 11.6 Å². The summed E-state index contributed by atoms with van der Waals surface area (Å²) >= 11 is 6.24. The van der Waals surface area contributed by atoms with E-state index >= 15 is 0 Å². The highest BCUT2D eigenvalue weighted by atomic mass is 35.5. The van der Waals surface area contributed by atoms with Crippen molar-refractivity contribution in [2.24, 2.45) is 10.8 Å². The van der Waals surface area contributed by atoms with Crippen LogP contribution in [0.25, 0.3) is 0 Å². The van der Waals surface area contributed by atoms with Gasteiger partial charge in [0.1, 0.15) is 6.61 Å². The summed E-state index contributed by atoms with van der Waals surface area (Å²) in [7, 11) is 1.63. The second-order valence-electron chi connectivity index (χ2n) is 15.0. The molecule has 48 heavy (non-hydrogen) atoms. The van der Waals surface area contributed by atoms with Gasteiger partial charge < -0.3 is 14.4 Å². The number of carbonyl (C=O) groups excluding carboxylic acids is 2. The van der Waals surface area contributed by atoms with Crippen molar-refractivity contribution in [2.75, 3.05) is 13.7 Å². The molecular weight excluding hydrogens is 618 g/mol. The fourth-order valence-corrected chi connectivity index (χ4v) is 8.00. The molecular formula is C42H46ClNO4. The first kappa shape index (κ1) is 33.8. The molecule has 250 valence electrons. The molecule has 0 aromatic heterocycles. The molecule has 0 unspecified atom stereocenters. The number of benzene rings is 3. The predicted molar refractivity (Wildman–Crippen MR) is 192 cm³/mol. The van der Waals surface area contributed by atoms with Gasteiger partial charge in [-0.3, -0.25) is 9.59 Å². The third-order valence-electron chi connectivity index (χ3n) is 9.83. The predicted octanol–water partition coefficient (Wildman–Crippen LogP) is 9.58. The van der Waals surface area contributed by atoms with Crippen molar-refractivity contribution in [3.63, 3.8) is 0 Å². The van der Waals surface area contributed by atoms with Crippen molar-refractivity contribution < 1.29 is 19.1 Å². The normalized spacial score (nSPS) is 18.8. The fraction of sp³-hybridized carbons (Fsp3) is 0.381. The number of methoxy groups -OCH3 is 1. The Morgan fingerprint density at radius 1 is 0.854 bits per heavy atom. The molecule has 1 heterocycles. The Bertz CT molecular complexity index is 1760. The van der Waals surface area contributed by atoms with Crippen molar-refractivity contribution in [1.29, 1.82) is 0 Å². The Kier molecular flexibility index (Phi) is 9.46. The maximum Gasteiger partial charge on any atom is 0.165 e. The second-order valence-corrected chi connectivity index (χ2v) is 15.5. The first-order valence-corrected chi connectivity index (χ1v) is 17.3. The second kappa shape index (κ2) is 13.4. The van der Waals surface area contributed by atoms with Gasteiger partial charge in [0.25, 0.3) is 0 Å². The Hall–Kier alpha value is -4.09. The molecule has 6 heteroatoms. The Morgan fingerprint density at radius 2 is 1.48 bits per heavy atom. The molecule has 3 aliphatic rings. The van der Waals surface area contributed by atoms with Crippen LogP contribution in [0.2, 0.25) is 5.02 Å². The number of ether oxygens (including phenoxy) is 2. The molecule has 6 rings (SSSR count). The molecule has 0 atom stereocenters. The van der Waals surface area contributed by atoms with E-state index in [-0.39, 0.29) is 22.4 Å². The summed E-state index contributed by atoms with van der Waals surface area (Å²) in [6, 6.07) is 22.1. The summed E-state index contributed by atoms with van der Waals surface area (Å²) in [5.74, 6) is 0.942. The van der Waals surface area contributed by atoms with Crippen LogP contribution in [0.4, 0.5) is 0 Å². The minimum Gasteiger partial charge on any atom is -0.493 e. The zero-order valence-corrected chi connectivity index (χ0v) is 29.6. The van der Waals surface area contributed by atoms with Crippen molar-refractivity contribution >= 4 is 23.2 Å². The van der Waals surface area contributed by atoms with Crippen LogP contribution in [0, 0.1) is 10.8 Å². The average Bonchev–Trinajstić information content (AvgIpc) is 3.02. The number of nitrogens with zero attached hydrogens (tertiary/aromatic N) is 1. The molecule has 5 nitrogen and oxygen atoms in total. The van der Waals surface area contributed by atoms with E-state index in [0.717, 1.165) is 58.5 Å². The van der Waals surface area contributed by atoms with Crippen LogP contribution in [0.3, 0.4) is 0 Å². The highest BCUT2D eigenvalue weighted by Crippen LogP contribution is 2.55. The number of hydrogen-bond acceptors (Lipinski definition) is 5. The molecule has 0 N–H and O–H groups in total. The van der Waals surface area contributed by atoms with E-state index in [2.05, 4.69) is 69.5 Å². The van der Waals surface area contributed by atoms with Gasteiger partial charge in [-0.25, -0.2) is 0 Å². The van der Waals surface area contributed by atoms with Crippen molar-refractivity contribution in [3.05, 3.63) is 129 Å². The summed E-state index contributed by atoms with van der Waals surface area (Å²) in [5.41, 5.74) is 7.20. The lowest BCUT2D eigenvalue weighted by Crippen LogP contribution is -2.45. The van der Waals surface area contributed by atoms with Crippen LogP contribution < -0.4 is 9.47 Å². The maximum atomic E-state index is 14.4. The molecule has 0 amide bonds. The van der Waals surface area contributed by atoms with Gasteiger partial charge in [-0.2, -0.15) is 0 Å². The van der Waals surface area contributed by atoms with Gasteiger partial charge in [0.2, 0.25) is 0 Å². The number of ketones is 2. The summed E-state index contributed by atoms with van der Waals surface area (Å²) in [5, 5.41) is 0.647. The maximum absolute atomic E-state index is 14.4. The monoisotopic (exact) mass is 663 g/mol. The van der Waals surface area contributed by atoms with Crippen LogP contribution in [0.1, 0.15) is 81.5 Å². The van der Waals surface area contributed by atoms with Gasteiger partial charge in [-0.15, -0.1) is 6.58 Å². The third-order valence-corrected chi connectivity index (χ3v) is 10.1. The van der Waals surface area contributed by atoms with Gasteiger partial charge >= 0.3 is 0 Å². The Balaban J connectivity index is 1.51. The number of hydrogen-bond donors (Lipinski definition) is 0. The van der Waals surface area contributed by atoms with Crippen molar-refractivity contribution in [3.8, 4) is 11.5 Å². The van der Waals surface area contributed by atoms with E-state index in [1.54, 1.807) is 7.11 Å². The zero-order chi connectivity index (χ0) is 34.2. The van der Waals surface area contributed by atoms with E-state index in [4.69, 9.17) is 21.1 Å². The van der Waals surface area contributed by atoms with Crippen LogP contribution in [-0.4, -0.2) is 30.1 Å². The Morgan fingerprint density at radius 3 is 2.06 bits per heavy atom. The molecule has 3 aromatic carbocycles. The van der Waals surface area contributed by atoms with Crippen LogP contribution in [0.15, 0.2) is 102 Å². The number of rotatable bonds is 10. The van der Waals surface area contributed by atoms with Gasteiger partial charge in [0.15, 0.2) is 23.1 Å². The minimum absolute atomic E-state index is 0.116. The lowest BCUT2D eigenvalue weighted by atomic mass is 9.63. The largest absolute Gasteiger partial charge is 0.493 e. The van der Waals surface area contributed by atoms with E-state index in [9.17, 15) is 9.59 Å². The van der Waals surface area contributed by atoms with Gasteiger partial charge in [0.05, 0.1) is 7.11 Å². The van der Waals surface area contributed by atoms with Crippen LogP contribution in [-0.2, 0) is 29.0 Å². The van der Waals surface area contributed by atoms with Crippen molar-refractivity contribution in [2.45, 2.75) is 78.7 Å². The number of allylic oxidation sites excluding steroid dienone is 5. The standard InChI is InChI=1S/C42H46ClNO4/c1-7-12-29-20-30(21-36(47-6)40(29)48-26-28-15-11-16-31(43)19-28)37-38-32(22-41(2,3)24-34(38)45)44(18-17-27-13-9-8-10-14-27)33-23-42(4,5)25-35(46)39(33)37/h7-11,13-16,19-21,37H,1,12,17-18,22-26H2,2-6H3. The van der Waals surface area contributed by atoms with Crippen molar-refractivity contribution in [1.82, 2.24) is 4.90 Å². The minimum atomic E-state index is -0.477. The number of Topliss-reactive ketones (excluding diaryl/α,β-unsaturated/α-hetero) is 2. The van der Waals surface area contributed by atoms with E-state index in [0.29, 0.717) is 48.9 Å². The lowest BCUT2D eigenvalue weighted by Gasteiger charge is -2.49. The summed E-state index contributed by atoms with van der Waals surface area (Å²) in [4.78, 5) is 31.1. The molecule has 3 aromatic rings. The fourth-order valence-electron chi connectivity index (χ4n) is 7.79. The first-order valence-electron chi connectivity index (χ1n) is 16.9. The number of halogens is 1. The smallest absolute Gasteiger partial charge is 0.165 e. The SMILES string of the molecule is C=CCc1cc(C2C3=C(CC(C)(C)CC3=O)N(CCc3ccccc3)C3=C2C(=O)CC(C)(C)C3)cc(OC)c1OCc1cccc(Cl)c1. The average molecular weight is 664 g/mol. The summed E-state index contributed by atoms with van der Waals surface area (Å²) < 4.78 is 12.4. The zero-order valence-electron chi connectivity index (χ0n) is 28.8. The molecule has 0 spiro atoms. The molecule has 2 aliphatic carbocycles. The number of carbonyl (C=O) groups is 2. The lowest BCUT2D eigenvalue weighted by molar-refractivity contribution is -0.119. The Labute approximate surface area is 290 Å². The topological polar surface area (TPSA) is 55.8 Å². The summed E-state index contributed by atoms with van der Waals surface area (Å²) in [6.07, 6.45) is 5.60. The molecule has 1 aliphatic heterocycles. The summed E-state index contributed by atoms with van der Waals surface area (Å²) in [6.45, 7) is 13.7. The van der Waals surface area contributed by atoms with E-state index in [1.807, 2.05) is 42.5 Å². The van der Waals surface area contributed by atoms with Crippen LogP contribution in [0.5, 0.6) is 11.5 Å². The molecule has 0 saturated carbocycles. The van der Waals surface area contributed by atoms with E-state index in [1.165, 1.54) is 5.56 Å². The van der Waals surface area contributed by atoms with Gasteiger partial charge in [-0.1, -0.05) is 93.9 Å². The quantitative estimate of drug-likeness (QED) is 0.202. The van der Waals surface area contributed by atoms with E-state index < -0.39 is 5.92 Å². The molecule has 0 fully saturated rings. The molecule has 0 saturated heterocycles. The molecule has 0 radical (unpaired) electrons. The highest BCUT2D eigenvalue weighted by molar-refractivity contribution is 6.30. The first-order chi connectivity index (χ1) is 22.9. The third kappa shape index (κ3) is 6.89.